The summed E-state index contributed by atoms with van der Waals surface area (Å²) in [4.78, 5) is 12.2. The first kappa shape index (κ1) is 12.9. The molecule has 0 saturated heterocycles. The van der Waals surface area contributed by atoms with E-state index in [9.17, 15) is 4.79 Å². The largest absolute Gasteiger partial charge is 0.492 e. The Labute approximate surface area is 108 Å². The molecule has 1 heterocycles. The van der Waals surface area contributed by atoms with Crippen molar-refractivity contribution in [3.63, 3.8) is 0 Å². The minimum atomic E-state index is -0.187. The summed E-state index contributed by atoms with van der Waals surface area (Å²) in [5.74, 6) is 0.679. The number of carbonyl (C=O) groups excluding carboxylic acids is 1. The Bertz CT molecular complexity index is 420. The van der Waals surface area contributed by atoms with Gasteiger partial charge in [-0.2, -0.15) is 0 Å². The number of fused-ring (bicyclic) bond motifs is 1. The van der Waals surface area contributed by atoms with Crippen LogP contribution in [-0.2, 0) is 4.79 Å². The zero-order chi connectivity index (χ0) is 13.0. The summed E-state index contributed by atoms with van der Waals surface area (Å²) in [6, 6.07) is 7.87. The first-order valence-electron chi connectivity index (χ1n) is 6.48. The Morgan fingerprint density at radius 2 is 2.33 bits per heavy atom. The van der Waals surface area contributed by atoms with Gasteiger partial charge in [0.1, 0.15) is 18.3 Å². The fourth-order valence-electron chi connectivity index (χ4n) is 2.26. The molecule has 0 spiro atoms. The molecular formula is C14H20N2O2. The standard InChI is InChI=1S/C14H20N2O2/c1-2-10(7-8-15)16-14(17)12-9-18-13-6-4-3-5-11(12)13/h3-6,10,12H,2,7-9,15H2,1H3,(H,16,17). The summed E-state index contributed by atoms with van der Waals surface area (Å²) >= 11 is 0. The highest BCUT2D eigenvalue weighted by Gasteiger charge is 2.30. The molecule has 1 aliphatic rings. The van der Waals surface area contributed by atoms with Gasteiger partial charge in [0.15, 0.2) is 0 Å². The molecule has 0 radical (unpaired) electrons. The molecule has 0 aliphatic carbocycles. The third-order valence-electron chi connectivity index (χ3n) is 3.37. The van der Waals surface area contributed by atoms with Gasteiger partial charge in [-0.3, -0.25) is 4.79 Å². The highest BCUT2D eigenvalue weighted by molar-refractivity contribution is 5.85. The van der Waals surface area contributed by atoms with Crippen molar-refractivity contribution in [2.75, 3.05) is 13.2 Å². The van der Waals surface area contributed by atoms with Crippen LogP contribution in [0.5, 0.6) is 5.75 Å². The zero-order valence-electron chi connectivity index (χ0n) is 10.7. The van der Waals surface area contributed by atoms with E-state index in [1.54, 1.807) is 0 Å². The molecule has 4 nitrogen and oxygen atoms in total. The van der Waals surface area contributed by atoms with Crippen molar-refractivity contribution in [2.24, 2.45) is 5.73 Å². The van der Waals surface area contributed by atoms with Crippen LogP contribution in [0.1, 0.15) is 31.2 Å². The molecule has 18 heavy (non-hydrogen) atoms. The SMILES string of the molecule is CCC(CCN)NC(=O)C1COc2ccccc21. The number of hydrogen-bond donors (Lipinski definition) is 2. The lowest BCUT2D eigenvalue weighted by atomic mass is 9.99. The van der Waals surface area contributed by atoms with E-state index in [2.05, 4.69) is 12.2 Å². The van der Waals surface area contributed by atoms with E-state index >= 15 is 0 Å². The van der Waals surface area contributed by atoms with Crippen LogP contribution in [0, 0.1) is 0 Å². The second-order valence-electron chi connectivity index (χ2n) is 4.59. The quantitative estimate of drug-likeness (QED) is 0.828. The number of nitrogens with one attached hydrogen (secondary N) is 1. The lowest BCUT2D eigenvalue weighted by Gasteiger charge is -2.18. The number of ether oxygens (including phenoxy) is 1. The van der Waals surface area contributed by atoms with E-state index < -0.39 is 0 Å². The number of para-hydroxylation sites is 1. The van der Waals surface area contributed by atoms with Gasteiger partial charge in [0.05, 0.1) is 0 Å². The molecule has 98 valence electrons. The monoisotopic (exact) mass is 248 g/mol. The van der Waals surface area contributed by atoms with E-state index in [-0.39, 0.29) is 17.9 Å². The molecule has 2 atom stereocenters. The summed E-state index contributed by atoms with van der Waals surface area (Å²) < 4.78 is 5.52. The second kappa shape index (κ2) is 5.87. The Morgan fingerprint density at radius 3 is 3.06 bits per heavy atom. The predicted octanol–water partition coefficient (Wildman–Crippen LogP) is 1.41. The van der Waals surface area contributed by atoms with Crippen LogP contribution in [0.3, 0.4) is 0 Å². The van der Waals surface area contributed by atoms with Crippen LogP contribution in [-0.4, -0.2) is 25.1 Å². The van der Waals surface area contributed by atoms with Crippen molar-refractivity contribution in [1.29, 1.82) is 0 Å². The van der Waals surface area contributed by atoms with E-state index in [1.165, 1.54) is 0 Å². The average Bonchev–Trinajstić information content (AvgIpc) is 2.82. The van der Waals surface area contributed by atoms with Gasteiger partial charge in [-0.1, -0.05) is 25.1 Å². The number of carbonyl (C=O) groups is 1. The molecule has 1 amide bonds. The molecule has 1 aliphatic heterocycles. The van der Waals surface area contributed by atoms with Gasteiger partial charge in [0.2, 0.25) is 5.91 Å². The Balaban J connectivity index is 2.03. The van der Waals surface area contributed by atoms with Gasteiger partial charge in [0.25, 0.3) is 0 Å². The summed E-state index contributed by atoms with van der Waals surface area (Å²) in [5, 5.41) is 3.05. The van der Waals surface area contributed by atoms with Crippen LogP contribution < -0.4 is 15.8 Å². The van der Waals surface area contributed by atoms with Gasteiger partial charge in [-0.25, -0.2) is 0 Å². The molecule has 1 aromatic rings. The first-order valence-corrected chi connectivity index (χ1v) is 6.48. The van der Waals surface area contributed by atoms with Gasteiger partial charge in [-0.15, -0.1) is 0 Å². The number of benzene rings is 1. The molecule has 0 fully saturated rings. The summed E-state index contributed by atoms with van der Waals surface area (Å²) in [6.45, 7) is 3.08. The van der Waals surface area contributed by atoms with Crippen LogP contribution in [0.15, 0.2) is 24.3 Å². The summed E-state index contributed by atoms with van der Waals surface area (Å²) in [6.07, 6.45) is 1.72. The smallest absolute Gasteiger partial charge is 0.231 e. The third kappa shape index (κ3) is 2.64. The number of amides is 1. The van der Waals surface area contributed by atoms with E-state index in [0.29, 0.717) is 13.2 Å². The van der Waals surface area contributed by atoms with Crippen molar-refractivity contribution in [3.8, 4) is 5.75 Å². The Kier molecular flexibility index (Phi) is 4.20. The van der Waals surface area contributed by atoms with Crippen molar-refractivity contribution in [3.05, 3.63) is 29.8 Å². The molecule has 1 aromatic carbocycles. The van der Waals surface area contributed by atoms with E-state index in [1.807, 2.05) is 24.3 Å². The van der Waals surface area contributed by atoms with Crippen molar-refractivity contribution < 1.29 is 9.53 Å². The predicted molar refractivity (Wildman–Crippen MR) is 70.6 cm³/mol. The molecule has 2 unspecified atom stereocenters. The average molecular weight is 248 g/mol. The van der Waals surface area contributed by atoms with Gasteiger partial charge < -0.3 is 15.8 Å². The topological polar surface area (TPSA) is 64.3 Å². The van der Waals surface area contributed by atoms with Gasteiger partial charge >= 0.3 is 0 Å². The maximum absolute atomic E-state index is 12.2. The lowest BCUT2D eigenvalue weighted by Crippen LogP contribution is -2.39. The molecule has 3 N–H and O–H groups in total. The summed E-state index contributed by atoms with van der Waals surface area (Å²) in [7, 11) is 0. The van der Waals surface area contributed by atoms with Gasteiger partial charge in [0, 0.05) is 11.6 Å². The summed E-state index contributed by atoms with van der Waals surface area (Å²) in [5.41, 5.74) is 6.52. The Morgan fingerprint density at radius 1 is 1.56 bits per heavy atom. The van der Waals surface area contributed by atoms with Crippen molar-refractivity contribution >= 4 is 5.91 Å². The molecule has 2 rings (SSSR count). The van der Waals surface area contributed by atoms with Crippen molar-refractivity contribution in [2.45, 2.75) is 31.7 Å². The number of hydrogen-bond acceptors (Lipinski definition) is 3. The molecule has 0 aromatic heterocycles. The second-order valence-corrected chi connectivity index (χ2v) is 4.59. The number of nitrogens with two attached hydrogens (primary N) is 1. The molecule has 0 bridgehead atoms. The van der Waals surface area contributed by atoms with E-state index in [4.69, 9.17) is 10.5 Å². The molecule has 4 heteroatoms. The highest BCUT2D eigenvalue weighted by atomic mass is 16.5. The normalized spacial score (nSPS) is 18.9. The van der Waals surface area contributed by atoms with Crippen LogP contribution in [0.4, 0.5) is 0 Å². The minimum Gasteiger partial charge on any atom is -0.492 e. The third-order valence-corrected chi connectivity index (χ3v) is 3.37. The molecule has 0 saturated carbocycles. The molecular weight excluding hydrogens is 228 g/mol. The lowest BCUT2D eigenvalue weighted by molar-refractivity contribution is -0.123. The zero-order valence-corrected chi connectivity index (χ0v) is 10.7. The fraction of sp³-hybridized carbons (Fsp3) is 0.500. The number of rotatable bonds is 5. The van der Waals surface area contributed by atoms with Crippen LogP contribution >= 0.6 is 0 Å². The fourth-order valence-corrected chi connectivity index (χ4v) is 2.26. The maximum atomic E-state index is 12.2. The van der Waals surface area contributed by atoms with Crippen LogP contribution in [0.2, 0.25) is 0 Å². The minimum absolute atomic E-state index is 0.0419. The highest BCUT2D eigenvalue weighted by Crippen LogP contribution is 2.33. The first-order chi connectivity index (χ1) is 8.76. The van der Waals surface area contributed by atoms with E-state index in [0.717, 1.165) is 24.2 Å². The van der Waals surface area contributed by atoms with Crippen molar-refractivity contribution in [1.82, 2.24) is 5.32 Å². The van der Waals surface area contributed by atoms with Crippen LogP contribution in [0.25, 0.3) is 0 Å². The maximum Gasteiger partial charge on any atom is 0.231 e. The Hall–Kier alpha value is -1.55. The van der Waals surface area contributed by atoms with Gasteiger partial charge in [-0.05, 0) is 25.5 Å².